The molecular weight excluding hydrogens is 263 g/mol. The molecule has 0 bridgehead atoms. The highest BCUT2D eigenvalue weighted by molar-refractivity contribution is 6.30. The van der Waals surface area contributed by atoms with Crippen molar-refractivity contribution in [3.05, 3.63) is 52.9 Å². The quantitative estimate of drug-likeness (QED) is 0.776. The van der Waals surface area contributed by atoms with Crippen molar-refractivity contribution in [1.82, 2.24) is 4.98 Å². The number of hydrogen-bond donors (Lipinski definition) is 0. The van der Waals surface area contributed by atoms with E-state index in [4.69, 9.17) is 11.6 Å². The molecule has 2 aromatic rings. The van der Waals surface area contributed by atoms with Crippen molar-refractivity contribution in [3.63, 3.8) is 0 Å². The van der Waals surface area contributed by atoms with Gasteiger partial charge in [-0.15, -0.1) is 0 Å². The number of anilines is 2. The van der Waals surface area contributed by atoms with Crippen molar-refractivity contribution in [1.29, 1.82) is 0 Å². The maximum absolute atomic E-state index is 14.1. The molecule has 1 aromatic heterocycles. The van der Waals surface area contributed by atoms with Gasteiger partial charge < -0.3 is 4.90 Å². The van der Waals surface area contributed by atoms with Gasteiger partial charge in [0, 0.05) is 18.4 Å². The van der Waals surface area contributed by atoms with E-state index in [1.54, 1.807) is 0 Å². The lowest BCUT2D eigenvalue weighted by molar-refractivity contribution is 0.547. The lowest BCUT2D eigenvalue weighted by Crippen LogP contribution is -2.31. The van der Waals surface area contributed by atoms with Gasteiger partial charge in [0.2, 0.25) is 0 Å². The van der Waals surface area contributed by atoms with Gasteiger partial charge in [0.15, 0.2) is 11.6 Å². The Kier molecular flexibility index (Phi) is 3.15. The summed E-state index contributed by atoms with van der Waals surface area (Å²) in [6.45, 7) is 2.93. The average molecular weight is 277 g/mol. The molecule has 0 saturated carbocycles. The molecule has 0 aliphatic carbocycles. The molecule has 1 aliphatic heterocycles. The van der Waals surface area contributed by atoms with Crippen LogP contribution in [0.3, 0.4) is 0 Å². The lowest BCUT2D eigenvalue weighted by Gasteiger charge is -2.34. The fourth-order valence-corrected chi connectivity index (χ4v) is 2.75. The van der Waals surface area contributed by atoms with Crippen molar-refractivity contribution in [2.75, 3.05) is 11.4 Å². The zero-order chi connectivity index (χ0) is 13.4. The summed E-state index contributed by atoms with van der Waals surface area (Å²) in [5.41, 5.74) is 2.27. The largest absolute Gasteiger partial charge is 0.323 e. The van der Waals surface area contributed by atoms with Crippen molar-refractivity contribution in [3.8, 4) is 0 Å². The zero-order valence-corrected chi connectivity index (χ0v) is 11.4. The van der Waals surface area contributed by atoms with Gasteiger partial charge in [-0.2, -0.15) is 0 Å². The number of halogens is 2. The first-order valence-electron chi connectivity index (χ1n) is 6.31. The molecule has 2 heterocycles. The van der Waals surface area contributed by atoms with Gasteiger partial charge in [-0.1, -0.05) is 36.7 Å². The van der Waals surface area contributed by atoms with Gasteiger partial charge in [0.25, 0.3) is 0 Å². The first-order chi connectivity index (χ1) is 9.15. The Morgan fingerprint density at radius 3 is 2.95 bits per heavy atom. The van der Waals surface area contributed by atoms with Crippen molar-refractivity contribution < 1.29 is 4.39 Å². The van der Waals surface area contributed by atoms with Gasteiger partial charge in [0.1, 0.15) is 0 Å². The first kappa shape index (κ1) is 12.4. The first-order valence-corrected chi connectivity index (χ1v) is 6.69. The van der Waals surface area contributed by atoms with E-state index in [9.17, 15) is 4.39 Å². The number of hydrogen-bond acceptors (Lipinski definition) is 2. The van der Waals surface area contributed by atoms with Crippen LogP contribution in [0.5, 0.6) is 0 Å². The SMILES string of the molecule is CC1Cc2ccccc2N(c2ncc(Cl)cc2F)C1. The number of nitrogens with zero attached hydrogens (tertiary/aromatic N) is 2. The fourth-order valence-electron chi connectivity index (χ4n) is 2.60. The number of aromatic nitrogens is 1. The van der Waals surface area contributed by atoms with Gasteiger partial charge >= 0.3 is 0 Å². The maximum atomic E-state index is 14.1. The minimum Gasteiger partial charge on any atom is -0.323 e. The van der Waals surface area contributed by atoms with E-state index in [1.807, 2.05) is 23.1 Å². The van der Waals surface area contributed by atoms with Gasteiger partial charge in [0.05, 0.1) is 5.02 Å². The van der Waals surface area contributed by atoms with Crippen LogP contribution in [0.25, 0.3) is 0 Å². The molecule has 98 valence electrons. The van der Waals surface area contributed by atoms with Crippen molar-refractivity contribution in [2.45, 2.75) is 13.3 Å². The molecule has 3 rings (SSSR count). The molecule has 2 nitrogen and oxygen atoms in total. The summed E-state index contributed by atoms with van der Waals surface area (Å²) in [7, 11) is 0. The van der Waals surface area contributed by atoms with Gasteiger partial charge in [-0.05, 0) is 30.0 Å². The van der Waals surface area contributed by atoms with E-state index in [2.05, 4.69) is 18.0 Å². The summed E-state index contributed by atoms with van der Waals surface area (Å²) in [5.74, 6) is 0.437. The summed E-state index contributed by atoms with van der Waals surface area (Å²) in [6.07, 6.45) is 2.50. The van der Waals surface area contributed by atoms with Crippen LogP contribution in [0.15, 0.2) is 36.5 Å². The van der Waals surface area contributed by atoms with E-state index >= 15 is 0 Å². The standard InChI is InChI=1S/C15H14ClFN2/c1-10-6-11-4-2-3-5-14(11)19(9-10)15-13(17)7-12(16)8-18-15/h2-5,7-8,10H,6,9H2,1H3. The van der Waals surface area contributed by atoms with Crippen LogP contribution in [0, 0.1) is 11.7 Å². The van der Waals surface area contributed by atoms with Gasteiger partial charge in [-0.3, -0.25) is 0 Å². The number of fused-ring (bicyclic) bond motifs is 1. The fraction of sp³-hybridized carbons (Fsp3) is 0.267. The van der Waals surface area contributed by atoms with Crippen LogP contribution in [0.1, 0.15) is 12.5 Å². The third-order valence-electron chi connectivity index (χ3n) is 3.39. The third-order valence-corrected chi connectivity index (χ3v) is 3.60. The Morgan fingerprint density at radius 1 is 1.37 bits per heavy atom. The molecule has 1 aromatic carbocycles. The van der Waals surface area contributed by atoms with Crippen LogP contribution in [-0.4, -0.2) is 11.5 Å². The van der Waals surface area contributed by atoms with E-state index in [1.165, 1.54) is 17.8 Å². The van der Waals surface area contributed by atoms with E-state index in [0.29, 0.717) is 16.8 Å². The molecule has 0 fully saturated rings. The maximum Gasteiger partial charge on any atom is 0.169 e. The molecule has 0 amide bonds. The third kappa shape index (κ3) is 2.30. The predicted molar refractivity (Wildman–Crippen MR) is 75.5 cm³/mol. The topological polar surface area (TPSA) is 16.1 Å². The highest BCUT2D eigenvalue weighted by Crippen LogP contribution is 2.35. The highest BCUT2D eigenvalue weighted by Gasteiger charge is 2.25. The molecular formula is C15H14ClFN2. The monoisotopic (exact) mass is 276 g/mol. The van der Waals surface area contributed by atoms with Gasteiger partial charge in [-0.25, -0.2) is 9.37 Å². The molecule has 1 aliphatic rings. The number of pyridine rings is 1. The molecule has 0 saturated heterocycles. The molecule has 0 spiro atoms. The zero-order valence-electron chi connectivity index (χ0n) is 10.6. The van der Waals surface area contributed by atoms with Crippen LogP contribution < -0.4 is 4.90 Å². The Hall–Kier alpha value is -1.61. The van der Waals surface area contributed by atoms with Crippen LogP contribution in [0.4, 0.5) is 15.9 Å². The average Bonchev–Trinajstić information content (AvgIpc) is 2.38. The van der Waals surface area contributed by atoms with Crippen molar-refractivity contribution in [2.24, 2.45) is 5.92 Å². The number of benzene rings is 1. The highest BCUT2D eigenvalue weighted by atomic mass is 35.5. The van der Waals surface area contributed by atoms with Crippen LogP contribution in [-0.2, 0) is 6.42 Å². The molecule has 4 heteroatoms. The lowest BCUT2D eigenvalue weighted by atomic mass is 9.94. The minimum atomic E-state index is -0.378. The normalized spacial score (nSPS) is 18.3. The Morgan fingerprint density at radius 2 is 2.16 bits per heavy atom. The molecule has 1 atom stereocenters. The van der Waals surface area contributed by atoms with E-state index < -0.39 is 0 Å². The van der Waals surface area contributed by atoms with Crippen LogP contribution in [0.2, 0.25) is 5.02 Å². The second-order valence-electron chi connectivity index (χ2n) is 5.01. The van der Waals surface area contributed by atoms with Crippen molar-refractivity contribution >= 4 is 23.1 Å². The summed E-state index contributed by atoms with van der Waals surface area (Å²) in [4.78, 5) is 6.09. The number of rotatable bonds is 1. The molecule has 0 radical (unpaired) electrons. The summed E-state index contributed by atoms with van der Waals surface area (Å²) in [6, 6.07) is 9.39. The molecule has 19 heavy (non-hydrogen) atoms. The summed E-state index contributed by atoms with van der Waals surface area (Å²) in [5, 5.41) is 0.319. The Bertz CT molecular complexity index is 615. The van der Waals surface area contributed by atoms with Crippen LogP contribution >= 0.6 is 11.6 Å². The van der Waals surface area contributed by atoms with E-state index in [0.717, 1.165) is 18.7 Å². The summed E-state index contributed by atoms with van der Waals surface area (Å²) < 4.78 is 14.1. The Labute approximate surface area is 116 Å². The molecule has 0 N–H and O–H groups in total. The Balaban J connectivity index is 2.10. The predicted octanol–water partition coefficient (Wildman–Crippen LogP) is 4.20. The minimum absolute atomic E-state index is 0.319. The van der Waals surface area contributed by atoms with E-state index in [-0.39, 0.29) is 5.82 Å². The second-order valence-corrected chi connectivity index (χ2v) is 5.44. The summed E-state index contributed by atoms with van der Waals surface area (Å²) >= 11 is 5.76. The number of para-hydroxylation sites is 1. The molecule has 1 unspecified atom stereocenters. The smallest absolute Gasteiger partial charge is 0.169 e. The second kappa shape index (κ2) is 4.82.